The molecule has 1 aromatic heterocycles. The summed E-state index contributed by atoms with van der Waals surface area (Å²) in [7, 11) is 1.72. The van der Waals surface area contributed by atoms with E-state index in [1.165, 1.54) is 12.4 Å². The maximum absolute atomic E-state index is 10.8. The zero-order valence-electron chi connectivity index (χ0n) is 9.83. The molecule has 0 radical (unpaired) electrons. The fourth-order valence-corrected chi connectivity index (χ4v) is 1.85. The molecule has 0 saturated carbocycles. The first kappa shape index (κ1) is 13.2. The second-order valence-electron chi connectivity index (χ2n) is 3.44. The summed E-state index contributed by atoms with van der Waals surface area (Å²) in [6.45, 7) is 0. The van der Waals surface area contributed by atoms with Gasteiger partial charge in [0.05, 0.1) is 4.92 Å². The third-order valence-electron chi connectivity index (χ3n) is 2.25. The molecule has 98 valence electrons. The molecule has 0 aliphatic heterocycles. The van der Waals surface area contributed by atoms with Gasteiger partial charge in [-0.2, -0.15) is 0 Å². The second kappa shape index (κ2) is 5.61. The summed E-state index contributed by atoms with van der Waals surface area (Å²) in [4.78, 5) is 18.2. The summed E-state index contributed by atoms with van der Waals surface area (Å²) in [6, 6.07) is 6.12. The fourth-order valence-electron chi connectivity index (χ4n) is 1.36. The second-order valence-corrected chi connectivity index (χ2v) is 4.23. The molecule has 7 nitrogen and oxygen atoms in total. The van der Waals surface area contributed by atoms with Crippen LogP contribution in [-0.2, 0) is 0 Å². The van der Waals surface area contributed by atoms with Crippen LogP contribution in [0.5, 0.6) is 11.6 Å². The van der Waals surface area contributed by atoms with Gasteiger partial charge in [-0.25, -0.2) is 9.97 Å². The Morgan fingerprint density at radius 3 is 2.89 bits per heavy atom. The summed E-state index contributed by atoms with van der Waals surface area (Å²) in [6.07, 6.45) is 1.34. The van der Waals surface area contributed by atoms with Crippen molar-refractivity contribution >= 4 is 27.4 Å². The van der Waals surface area contributed by atoms with E-state index >= 15 is 0 Å². The predicted molar refractivity (Wildman–Crippen MR) is 72.4 cm³/mol. The standard InChI is InChI=1S/C11H9BrN4O3/c1-13-9-5-10(15-6-14-9)19-8-4-2-3-7(11(8)12)16(17)18/h2-6H,1H3,(H,13,14,15). The van der Waals surface area contributed by atoms with Crippen LogP contribution >= 0.6 is 15.9 Å². The molecule has 0 fully saturated rings. The van der Waals surface area contributed by atoms with Crippen molar-refractivity contribution in [2.24, 2.45) is 0 Å². The molecule has 8 heteroatoms. The summed E-state index contributed by atoms with van der Waals surface area (Å²) >= 11 is 3.15. The molecule has 1 heterocycles. The number of nitrogens with zero attached hydrogens (tertiary/aromatic N) is 3. The van der Waals surface area contributed by atoms with Crippen LogP contribution in [0.15, 0.2) is 35.1 Å². The Morgan fingerprint density at radius 2 is 2.21 bits per heavy atom. The van der Waals surface area contributed by atoms with E-state index in [1.807, 2.05) is 0 Å². The molecule has 0 bridgehead atoms. The Balaban J connectivity index is 2.33. The molecule has 1 N–H and O–H groups in total. The van der Waals surface area contributed by atoms with Gasteiger partial charge in [-0.3, -0.25) is 10.1 Å². The van der Waals surface area contributed by atoms with Gasteiger partial charge in [-0.15, -0.1) is 0 Å². The highest BCUT2D eigenvalue weighted by Gasteiger charge is 2.16. The minimum atomic E-state index is -0.490. The number of nitrogens with one attached hydrogen (secondary N) is 1. The van der Waals surface area contributed by atoms with E-state index in [0.717, 1.165) is 0 Å². The van der Waals surface area contributed by atoms with E-state index in [4.69, 9.17) is 4.74 Å². The number of benzene rings is 1. The van der Waals surface area contributed by atoms with Crippen molar-refractivity contribution in [1.29, 1.82) is 0 Å². The number of halogens is 1. The van der Waals surface area contributed by atoms with Crippen LogP contribution < -0.4 is 10.1 Å². The van der Waals surface area contributed by atoms with E-state index in [9.17, 15) is 10.1 Å². The minimum Gasteiger partial charge on any atom is -0.437 e. The van der Waals surface area contributed by atoms with Crippen LogP contribution in [0, 0.1) is 10.1 Å². The number of hydrogen-bond acceptors (Lipinski definition) is 6. The first-order chi connectivity index (χ1) is 9.11. The first-order valence-electron chi connectivity index (χ1n) is 5.22. The van der Waals surface area contributed by atoms with E-state index in [0.29, 0.717) is 17.4 Å². The fraction of sp³-hybridized carbons (Fsp3) is 0.0909. The lowest BCUT2D eigenvalue weighted by molar-refractivity contribution is -0.385. The summed E-state index contributed by atoms with van der Waals surface area (Å²) < 4.78 is 5.77. The van der Waals surface area contributed by atoms with Crippen LogP contribution in [-0.4, -0.2) is 21.9 Å². The molecule has 0 unspecified atom stereocenters. The van der Waals surface area contributed by atoms with Crippen molar-refractivity contribution in [2.45, 2.75) is 0 Å². The van der Waals surface area contributed by atoms with Gasteiger partial charge in [-0.05, 0) is 22.0 Å². The van der Waals surface area contributed by atoms with Crippen LogP contribution in [0.25, 0.3) is 0 Å². The van der Waals surface area contributed by atoms with Crippen molar-refractivity contribution in [3.63, 3.8) is 0 Å². The van der Waals surface area contributed by atoms with Gasteiger partial charge in [-0.1, -0.05) is 6.07 Å². The number of aromatic nitrogens is 2. The van der Waals surface area contributed by atoms with Crippen molar-refractivity contribution < 1.29 is 9.66 Å². The molecule has 19 heavy (non-hydrogen) atoms. The third kappa shape index (κ3) is 2.97. The minimum absolute atomic E-state index is 0.0691. The number of anilines is 1. The van der Waals surface area contributed by atoms with Gasteiger partial charge >= 0.3 is 0 Å². The SMILES string of the molecule is CNc1cc(Oc2cccc([N+](=O)[O-])c2Br)ncn1. The normalized spacial score (nSPS) is 10.0. The quantitative estimate of drug-likeness (QED) is 0.686. The van der Waals surface area contributed by atoms with Gasteiger partial charge in [0.25, 0.3) is 5.69 Å². The van der Waals surface area contributed by atoms with Crippen molar-refractivity contribution in [3.8, 4) is 11.6 Å². The van der Waals surface area contributed by atoms with E-state index in [-0.39, 0.29) is 10.2 Å². The molecule has 0 aliphatic rings. The van der Waals surface area contributed by atoms with Crippen molar-refractivity contribution in [2.75, 3.05) is 12.4 Å². The van der Waals surface area contributed by atoms with Gasteiger partial charge in [0.15, 0.2) is 5.75 Å². The average molecular weight is 325 g/mol. The lowest BCUT2D eigenvalue weighted by Crippen LogP contribution is -1.96. The lowest BCUT2D eigenvalue weighted by Gasteiger charge is -2.07. The number of rotatable bonds is 4. The molecule has 0 aliphatic carbocycles. The van der Waals surface area contributed by atoms with E-state index in [2.05, 4.69) is 31.2 Å². The Kier molecular flexibility index (Phi) is 3.91. The molecule has 2 rings (SSSR count). The van der Waals surface area contributed by atoms with Crippen molar-refractivity contribution in [3.05, 3.63) is 45.2 Å². The molecular weight excluding hydrogens is 316 g/mol. The zero-order chi connectivity index (χ0) is 13.8. The molecule has 2 aromatic rings. The lowest BCUT2D eigenvalue weighted by atomic mass is 10.3. The van der Waals surface area contributed by atoms with Gasteiger partial charge < -0.3 is 10.1 Å². The zero-order valence-corrected chi connectivity index (χ0v) is 11.4. The average Bonchev–Trinajstić information content (AvgIpc) is 2.41. The van der Waals surface area contributed by atoms with Crippen molar-refractivity contribution in [1.82, 2.24) is 9.97 Å². The smallest absolute Gasteiger partial charge is 0.287 e. The van der Waals surface area contributed by atoms with E-state index < -0.39 is 4.92 Å². The maximum atomic E-state index is 10.8. The molecule has 0 amide bonds. The highest BCUT2D eigenvalue weighted by atomic mass is 79.9. The number of ether oxygens (including phenoxy) is 1. The number of nitro groups is 1. The van der Waals surface area contributed by atoms with Crippen LogP contribution in [0.3, 0.4) is 0 Å². The summed E-state index contributed by atoms with van der Waals surface area (Å²) in [5.41, 5.74) is -0.0691. The largest absolute Gasteiger partial charge is 0.437 e. The van der Waals surface area contributed by atoms with Gasteiger partial charge in [0.2, 0.25) is 5.88 Å². The highest BCUT2D eigenvalue weighted by Crippen LogP contribution is 2.36. The third-order valence-corrected chi connectivity index (χ3v) is 3.05. The molecule has 1 aromatic carbocycles. The molecule has 0 saturated heterocycles. The maximum Gasteiger partial charge on any atom is 0.287 e. The van der Waals surface area contributed by atoms with Gasteiger partial charge in [0, 0.05) is 19.2 Å². The predicted octanol–water partition coefficient (Wildman–Crippen LogP) is 2.98. The van der Waals surface area contributed by atoms with Gasteiger partial charge in [0.1, 0.15) is 16.6 Å². The van der Waals surface area contributed by atoms with Crippen LogP contribution in [0.2, 0.25) is 0 Å². The highest BCUT2D eigenvalue weighted by molar-refractivity contribution is 9.10. The first-order valence-corrected chi connectivity index (χ1v) is 6.01. The molecular formula is C11H9BrN4O3. The van der Waals surface area contributed by atoms with Crippen LogP contribution in [0.1, 0.15) is 0 Å². The number of nitro benzene ring substituents is 1. The molecule has 0 spiro atoms. The monoisotopic (exact) mass is 324 g/mol. The Bertz CT molecular complexity index is 621. The Labute approximate surface area is 116 Å². The topological polar surface area (TPSA) is 90.2 Å². The van der Waals surface area contributed by atoms with Crippen LogP contribution in [0.4, 0.5) is 11.5 Å². The Hall–Kier alpha value is -2.22. The number of hydrogen-bond donors (Lipinski definition) is 1. The summed E-state index contributed by atoms with van der Waals surface area (Å²) in [5, 5.41) is 13.7. The molecule has 0 atom stereocenters. The van der Waals surface area contributed by atoms with E-state index in [1.54, 1.807) is 25.2 Å². The Morgan fingerprint density at radius 1 is 1.42 bits per heavy atom. The summed E-state index contributed by atoms with van der Waals surface area (Å²) in [5.74, 6) is 1.20.